The SMILES string of the molecule is COc1cccc2c(N)c(C#N)sc12. The van der Waals surface area contributed by atoms with Crippen molar-refractivity contribution in [3.63, 3.8) is 0 Å². The van der Waals surface area contributed by atoms with Crippen molar-refractivity contribution in [1.82, 2.24) is 0 Å². The highest BCUT2D eigenvalue weighted by atomic mass is 32.1. The standard InChI is InChI=1S/C10H8N2OS/c1-13-7-4-2-3-6-9(12)8(5-11)14-10(6)7/h2-4H,12H2,1H3. The summed E-state index contributed by atoms with van der Waals surface area (Å²) in [5.41, 5.74) is 6.35. The van der Waals surface area contributed by atoms with Crippen LogP contribution in [0.25, 0.3) is 10.1 Å². The van der Waals surface area contributed by atoms with E-state index in [0.29, 0.717) is 10.6 Å². The second-order valence-corrected chi connectivity index (χ2v) is 3.81. The van der Waals surface area contributed by atoms with E-state index in [1.54, 1.807) is 7.11 Å². The lowest BCUT2D eigenvalue weighted by Crippen LogP contribution is -1.85. The maximum atomic E-state index is 8.82. The van der Waals surface area contributed by atoms with E-state index in [-0.39, 0.29) is 0 Å². The molecule has 0 spiro atoms. The van der Waals surface area contributed by atoms with Crippen LogP contribution in [0.5, 0.6) is 5.75 Å². The van der Waals surface area contributed by atoms with Gasteiger partial charge in [0.2, 0.25) is 0 Å². The fourth-order valence-electron chi connectivity index (χ4n) is 1.36. The van der Waals surface area contributed by atoms with Crippen LogP contribution >= 0.6 is 11.3 Å². The number of hydrogen-bond donors (Lipinski definition) is 1. The number of ether oxygens (including phenoxy) is 1. The molecule has 3 nitrogen and oxygen atoms in total. The lowest BCUT2D eigenvalue weighted by atomic mass is 10.2. The number of nitrogens with zero attached hydrogens (tertiary/aromatic N) is 1. The van der Waals surface area contributed by atoms with Crippen LogP contribution in [0.1, 0.15) is 4.88 Å². The van der Waals surface area contributed by atoms with Crippen LogP contribution in [0.4, 0.5) is 5.69 Å². The molecule has 2 rings (SSSR count). The van der Waals surface area contributed by atoms with Crippen molar-refractivity contribution in [2.75, 3.05) is 12.8 Å². The van der Waals surface area contributed by atoms with Crippen molar-refractivity contribution >= 4 is 27.1 Å². The van der Waals surface area contributed by atoms with Gasteiger partial charge in [-0.2, -0.15) is 5.26 Å². The lowest BCUT2D eigenvalue weighted by molar-refractivity contribution is 0.420. The molecule has 1 aromatic heterocycles. The Hall–Kier alpha value is -1.73. The van der Waals surface area contributed by atoms with Gasteiger partial charge in [-0.25, -0.2) is 0 Å². The summed E-state index contributed by atoms with van der Waals surface area (Å²) in [7, 11) is 1.61. The quantitative estimate of drug-likeness (QED) is 0.775. The van der Waals surface area contributed by atoms with E-state index in [2.05, 4.69) is 6.07 Å². The Morgan fingerprint density at radius 3 is 2.93 bits per heavy atom. The molecule has 1 aromatic carbocycles. The number of thiophene rings is 1. The molecule has 0 aliphatic carbocycles. The summed E-state index contributed by atoms with van der Waals surface area (Å²) in [5.74, 6) is 0.765. The smallest absolute Gasteiger partial charge is 0.136 e. The van der Waals surface area contributed by atoms with Gasteiger partial charge in [0.15, 0.2) is 0 Å². The van der Waals surface area contributed by atoms with E-state index in [0.717, 1.165) is 15.8 Å². The number of nitrogens with two attached hydrogens (primary N) is 1. The van der Waals surface area contributed by atoms with Crippen LogP contribution in [-0.2, 0) is 0 Å². The highest BCUT2D eigenvalue weighted by molar-refractivity contribution is 7.20. The summed E-state index contributed by atoms with van der Waals surface area (Å²) in [6, 6.07) is 7.69. The Kier molecular flexibility index (Phi) is 2.02. The molecule has 14 heavy (non-hydrogen) atoms. The first kappa shape index (κ1) is 8.85. The van der Waals surface area contributed by atoms with E-state index in [4.69, 9.17) is 15.7 Å². The summed E-state index contributed by atoms with van der Waals surface area (Å²) < 4.78 is 6.12. The molecule has 0 aliphatic rings. The maximum Gasteiger partial charge on any atom is 0.136 e. The normalized spacial score (nSPS) is 10.0. The summed E-state index contributed by atoms with van der Waals surface area (Å²) in [4.78, 5) is 0.546. The zero-order valence-electron chi connectivity index (χ0n) is 7.57. The minimum atomic E-state index is 0.546. The number of rotatable bonds is 1. The van der Waals surface area contributed by atoms with Gasteiger partial charge in [0.25, 0.3) is 0 Å². The molecule has 1 heterocycles. The van der Waals surface area contributed by atoms with Gasteiger partial charge < -0.3 is 10.5 Å². The van der Waals surface area contributed by atoms with E-state index < -0.39 is 0 Å². The van der Waals surface area contributed by atoms with Crippen molar-refractivity contribution in [2.24, 2.45) is 0 Å². The third-order valence-corrected chi connectivity index (χ3v) is 3.18. The summed E-state index contributed by atoms with van der Waals surface area (Å²) in [6.45, 7) is 0. The van der Waals surface area contributed by atoms with Gasteiger partial charge in [-0.05, 0) is 6.07 Å². The Labute approximate surface area is 85.3 Å². The number of fused-ring (bicyclic) bond motifs is 1. The van der Waals surface area contributed by atoms with Crippen LogP contribution in [0.3, 0.4) is 0 Å². The molecule has 0 unspecified atom stereocenters. The van der Waals surface area contributed by atoms with E-state index in [9.17, 15) is 0 Å². The molecule has 0 amide bonds. The first-order chi connectivity index (χ1) is 6.77. The number of methoxy groups -OCH3 is 1. The van der Waals surface area contributed by atoms with Crippen molar-refractivity contribution in [2.45, 2.75) is 0 Å². The third kappa shape index (κ3) is 1.10. The highest BCUT2D eigenvalue weighted by Gasteiger charge is 2.11. The largest absolute Gasteiger partial charge is 0.495 e. The average Bonchev–Trinajstić information content (AvgIpc) is 2.55. The van der Waals surface area contributed by atoms with Gasteiger partial charge in [0.05, 0.1) is 17.5 Å². The number of nitriles is 1. The summed E-state index contributed by atoms with van der Waals surface area (Å²) in [6.07, 6.45) is 0. The number of benzene rings is 1. The molecule has 0 saturated heterocycles. The van der Waals surface area contributed by atoms with Gasteiger partial charge in [-0.15, -0.1) is 11.3 Å². The van der Waals surface area contributed by atoms with Crippen LogP contribution in [0, 0.1) is 11.3 Å². The van der Waals surface area contributed by atoms with Crippen LogP contribution in [-0.4, -0.2) is 7.11 Å². The summed E-state index contributed by atoms with van der Waals surface area (Å²) in [5, 5.41) is 9.72. The predicted molar refractivity (Wildman–Crippen MR) is 57.5 cm³/mol. The topological polar surface area (TPSA) is 59.0 Å². The van der Waals surface area contributed by atoms with Crippen molar-refractivity contribution in [3.8, 4) is 11.8 Å². The second-order valence-electron chi connectivity index (χ2n) is 2.79. The average molecular weight is 204 g/mol. The van der Waals surface area contributed by atoms with Gasteiger partial charge in [-0.1, -0.05) is 12.1 Å². The molecule has 4 heteroatoms. The Morgan fingerprint density at radius 2 is 2.29 bits per heavy atom. The minimum absolute atomic E-state index is 0.546. The molecule has 0 radical (unpaired) electrons. The molecule has 2 aromatic rings. The highest BCUT2D eigenvalue weighted by Crippen LogP contribution is 2.38. The molecule has 0 fully saturated rings. The minimum Gasteiger partial charge on any atom is -0.495 e. The van der Waals surface area contributed by atoms with Gasteiger partial charge in [0.1, 0.15) is 16.7 Å². The lowest BCUT2D eigenvalue weighted by Gasteiger charge is -1.99. The number of anilines is 1. The number of hydrogen-bond acceptors (Lipinski definition) is 4. The van der Waals surface area contributed by atoms with Crippen molar-refractivity contribution < 1.29 is 4.74 Å². The van der Waals surface area contributed by atoms with Gasteiger partial charge in [-0.3, -0.25) is 0 Å². The molecule has 70 valence electrons. The monoisotopic (exact) mass is 204 g/mol. The fourth-order valence-corrected chi connectivity index (χ4v) is 2.37. The molecule has 0 aliphatic heterocycles. The molecule has 0 bridgehead atoms. The molecule has 0 atom stereocenters. The van der Waals surface area contributed by atoms with Crippen molar-refractivity contribution in [1.29, 1.82) is 5.26 Å². The van der Waals surface area contributed by atoms with E-state index in [1.165, 1.54) is 11.3 Å². The third-order valence-electron chi connectivity index (χ3n) is 2.04. The molecular formula is C10H8N2OS. The Bertz CT molecular complexity index is 525. The Morgan fingerprint density at radius 1 is 1.50 bits per heavy atom. The molecule has 2 N–H and O–H groups in total. The van der Waals surface area contributed by atoms with Crippen LogP contribution in [0.15, 0.2) is 18.2 Å². The first-order valence-electron chi connectivity index (χ1n) is 4.03. The van der Waals surface area contributed by atoms with Gasteiger partial charge >= 0.3 is 0 Å². The van der Waals surface area contributed by atoms with Gasteiger partial charge in [0, 0.05) is 5.39 Å². The van der Waals surface area contributed by atoms with Crippen LogP contribution < -0.4 is 10.5 Å². The zero-order chi connectivity index (χ0) is 10.1. The maximum absolute atomic E-state index is 8.82. The second kappa shape index (κ2) is 3.20. The fraction of sp³-hybridized carbons (Fsp3) is 0.100. The molecular weight excluding hydrogens is 196 g/mol. The van der Waals surface area contributed by atoms with Crippen molar-refractivity contribution in [3.05, 3.63) is 23.1 Å². The first-order valence-corrected chi connectivity index (χ1v) is 4.84. The predicted octanol–water partition coefficient (Wildman–Crippen LogP) is 2.36. The van der Waals surface area contributed by atoms with E-state index in [1.807, 2.05) is 18.2 Å². The summed E-state index contributed by atoms with van der Waals surface area (Å²) >= 11 is 1.36. The van der Waals surface area contributed by atoms with E-state index >= 15 is 0 Å². The molecule has 0 saturated carbocycles. The zero-order valence-corrected chi connectivity index (χ0v) is 8.39. The Balaban J connectivity index is 2.85. The van der Waals surface area contributed by atoms with Crippen LogP contribution in [0.2, 0.25) is 0 Å². The number of nitrogen functional groups attached to an aromatic ring is 1.